The van der Waals surface area contributed by atoms with E-state index in [0.29, 0.717) is 19.4 Å². The number of nitrogens with two attached hydrogens (primary N) is 1. The molecule has 2 atom stereocenters. The number of carbonyl (C=O) groups is 3. The highest BCUT2D eigenvalue weighted by Crippen LogP contribution is 2.33. The Hall–Kier alpha value is -1.59. The summed E-state index contributed by atoms with van der Waals surface area (Å²) in [6.45, 7) is 2.32. The van der Waals surface area contributed by atoms with Crippen molar-refractivity contribution in [3.8, 4) is 0 Å². The second-order valence-corrected chi connectivity index (χ2v) is 5.06. The van der Waals surface area contributed by atoms with Crippen molar-refractivity contribution >= 4 is 17.8 Å². The first-order valence-electron chi connectivity index (χ1n) is 6.77. The van der Waals surface area contributed by atoms with Crippen LogP contribution in [0.1, 0.15) is 39.0 Å². The third-order valence-corrected chi connectivity index (χ3v) is 3.59. The van der Waals surface area contributed by atoms with Gasteiger partial charge in [-0.15, -0.1) is 0 Å². The van der Waals surface area contributed by atoms with Crippen LogP contribution in [0, 0.1) is 11.8 Å². The molecule has 0 unspecified atom stereocenters. The summed E-state index contributed by atoms with van der Waals surface area (Å²) in [6, 6.07) is 0. The van der Waals surface area contributed by atoms with Crippen molar-refractivity contribution in [2.75, 3.05) is 13.1 Å². The fraction of sp³-hybridized carbons (Fsp3) is 0.769. The highest BCUT2D eigenvalue weighted by atomic mass is 16.4. The summed E-state index contributed by atoms with van der Waals surface area (Å²) in [5.74, 6) is -2.85. The van der Waals surface area contributed by atoms with Crippen LogP contribution in [0.25, 0.3) is 0 Å². The Bertz CT molecular complexity index is 357. The van der Waals surface area contributed by atoms with Gasteiger partial charge in [0, 0.05) is 6.54 Å². The summed E-state index contributed by atoms with van der Waals surface area (Å²) in [5, 5.41) is 9.11. The van der Waals surface area contributed by atoms with Gasteiger partial charge in [0.05, 0.1) is 18.4 Å². The molecule has 1 fully saturated rings. The number of unbranched alkanes of at least 4 members (excludes halogenated alkanes) is 1. The summed E-state index contributed by atoms with van der Waals surface area (Å²) in [6.07, 6.45) is 3.53. The normalized spacial score (nSPS) is 22.2. The molecule has 0 aromatic rings. The van der Waals surface area contributed by atoms with Crippen molar-refractivity contribution in [1.29, 1.82) is 0 Å². The number of carbonyl (C=O) groups excluding carboxylic acids is 2. The zero-order valence-corrected chi connectivity index (χ0v) is 11.3. The quantitative estimate of drug-likeness (QED) is 0.707. The summed E-state index contributed by atoms with van der Waals surface area (Å²) < 4.78 is 0. The number of hydrogen-bond donors (Lipinski definition) is 2. The Morgan fingerprint density at radius 3 is 2.42 bits per heavy atom. The van der Waals surface area contributed by atoms with Gasteiger partial charge in [-0.3, -0.25) is 14.4 Å². The van der Waals surface area contributed by atoms with Crippen LogP contribution >= 0.6 is 0 Å². The van der Waals surface area contributed by atoms with Crippen molar-refractivity contribution in [3.05, 3.63) is 0 Å². The van der Waals surface area contributed by atoms with Crippen LogP contribution in [-0.4, -0.2) is 40.9 Å². The molecule has 1 aliphatic carbocycles. The van der Waals surface area contributed by atoms with Gasteiger partial charge >= 0.3 is 5.97 Å². The molecule has 6 nitrogen and oxygen atoms in total. The van der Waals surface area contributed by atoms with E-state index in [4.69, 9.17) is 10.8 Å². The fourth-order valence-corrected chi connectivity index (χ4v) is 2.59. The average molecular weight is 270 g/mol. The van der Waals surface area contributed by atoms with Crippen LogP contribution < -0.4 is 5.73 Å². The Kier molecular flexibility index (Phi) is 5.79. The van der Waals surface area contributed by atoms with Gasteiger partial charge in [0.1, 0.15) is 0 Å². The van der Waals surface area contributed by atoms with Gasteiger partial charge in [0.25, 0.3) is 0 Å². The maximum atomic E-state index is 12.4. The first kappa shape index (κ1) is 15.5. The Morgan fingerprint density at radius 1 is 1.26 bits per heavy atom. The molecule has 2 amide bonds. The first-order chi connectivity index (χ1) is 8.97. The van der Waals surface area contributed by atoms with E-state index < -0.39 is 23.7 Å². The van der Waals surface area contributed by atoms with Crippen LogP contribution in [-0.2, 0) is 14.4 Å². The topological polar surface area (TPSA) is 101 Å². The van der Waals surface area contributed by atoms with E-state index in [9.17, 15) is 14.4 Å². The van der Waals surface area contributed by atoms with Crippen molar-refractivity contribution in [2.24, 2.45) is 17.6 Å². The molecule has 0 saturated heterocycles. The summed E-state index contributed by atoms with van der Waals surface area (Å²) in [7, 11) is 0. The van der Waals surface area contributed by atoms with E-state index in [1.54, 1.807) is 0 Å². The molecule has 1 saturated carbocycles. The van der Waals surface area contributed by atoms with E-state index >= 15 is 0 Å². The van der Waals surface area contributed by atoms with Crippen molar-refractivity contribution in [2.45, 2.75) is 39.0 Å². The third-order valence-electron chi connectivity index (χ3n) is 3.59. The molecule has 19 heavy (non-hydrogen) atoms. The Morgan fingerprint density at radius 2 is 1.89 bits per heavy atom. The number of rotatable bonds is 7. The van der Waals surface area contributed by atoms with Gasteiger partial charge in [-0.2, -0.15) is 0 Å². The first-order valence-corrected chi connectivity index (χ1v) is 6.77. The Balaban J connectivity index is 2.73. The smallest absolute Gasteiger partial charge is 0.307 e. The average Bonchev–Trinajstić information content (AvgIpc) is 2.82. The minimum absolute atomic E-state index is 0.123. The molecule has 6 heteroatoms. The third kappa shape index (κ3) is 4.22. The van der Waals surface area contributed by atoms with Crippen LogP contribution in [0.5, 0.6) is 0 Å². The minimum atomic E-state index is -0.926. The molecule has 0 radical (unpaired) electrons. The standard InChI is InChI=1S/C13H22N2O4/c1-2-3-7-15(8-11(14)16)12(17)9-5-4-6-10(9)13(18)19/h9-10H,2-8H2,1H3,(H2,14,16)(H,18,19)/t9-,10+/m1/s1. The highest BCUT2D eigenvalue weighted by Gasteiger charge is 2.39. The van der Waals surface area contributed by atoms with Gasteiger partial charge in [0.15, 0.2) is 0 Å². The predicted octanol–water partition coefficient (Wildman–Crippen LogP) is 0.601. The number of amides is 2. The summed E-state index contributed by atoms with van der Waals surface area (Å²) in [5.41, 5.74) is 5.15. The number of hydrogen-bond acceptors (Lipinski definition) is 3. The lowest BCUT2D eigenvalue weighted by atomic mass is 9.94. The number of aliphatic carboxylic acids is 1. The zero-order chi connectivity index (χ0) is 14.4. The van der Waals surface area contributed by atoms with Crippen LogP contribution in [0.2, 0.25) is 0 Å². The number of carboxylic acid groups (broad SMARTS) is 1. The zero-order valence-electron chi connectivity index (χ0n) is 11.3. The maximum absolute atomic E-state index is 12.4. The molecule has 0 aromatic heterocycles. The van der Waals surface area contributed by atoms with Crippen LogP contribution in [0.15, 0.2) is 0 Å². The van der Waals surface area contributed by atoms with Crippen molar-refractivity contribution in [1.82, 2.24) is 4.90 Å². The highest BCUT2D eigenvalue weighted by molar-refractivity contribution is 5.88. The Labute approximate surface area is 112 Å². The predicted molar refractivity (Wildman–Crippen MR) is 69.1 cm³/mol. The second-order valence-electron chi connectivity index (χ2n) is 5.06. The molecule has 108 valence electrons. The molecule has 3 N–H and O–H groups in total. The largest absolute Gasteiger partial charge is 0.481 e. The van der Waals surface area contributed by atoms with E-state index in [1.165, 1.54) is 4.90 Å². The van der Waals surface area contributed by atoms with E-state index in [-0.39, 0.29) is 12.5 Å². The molecule has 0 aromatic carbocycles. The molecule has 0 aliphatic heterocycles. The van der Waals surface area contributed by atoms with Crippen LogP contribution in [0.4, 0.5) is 0 Å². The lowest BCUT2D eigenvalue weighted by Gasteiger charge is -2.26. The number of nitrogens with zero attached hydrogens (tertiary/aromatic N) is 1. The van der Waals surface area contributed by atoms with Gasteiger partial charge in [-0.1, -0.05) is 19.8 Å². The summed E-state index contributed by atoms with van der Waals surface area (Å²) >= 11 is 0. The van der Waals surface area contributed by atoms with E-state index in [1.807, 2.05) is 6.92 Å². The molecular weight excluding hydrogens is 248 g/mol. The van der Waals surface area contributed by atoms with Crippen LogP contribution in [0.3, 0.4) is 0 Å². The lowest BCUT2D eigenvalue weighted by Crippen LogP contribution is -2.44. The molecule has 1 rings (SSSR count). The van der Waals surface area contributed by atoms with Gasteiger partial charge in [-0.25, -0.2) is 0 Å². The molecule has 0 spiro atoms. The molecule has 0 bridgehead atoms. The van der Waals surface area contributed by atoms with E-state index in [0.717, 1.165) is 19.3 Å². The number of carboxylic acids is 1. The number of primary amides is 1. The minimum Gasteiger partial charge on any atom is -0.481 e. The summed E-state index contributed by atoms with van der Waals surface area (Å²) in [4.78, 5) is 35.9. The molecule has 1 aliphatic rings. The van der Waals surface area contributed by atoms with Gasteiger partial charge in [-0.05, 0) is 19.3 Å². The SMILES string of the molecule is CCCCN(CC(N)=O)C(=O)[C@@H]1CCC[C@@H]1C(=O)O. The monoisotopic (exact) mass is 270 g/mol. The second kappa shape index (κ2) is 7.11. The van der Waals surface area contributed by atoms with Gasteiger partial charge in [0.2, 0.25) is 11.8 Å². The maximum Gasteiger partial charge on any atom is 0.307 e. The van der Waals surface area contributed by atoms with Gasteiger partial charge < -0.3 is 15.7 Å². The van der Waals surface area contributed by atoms with E-state index in [2.05, 4.69) is 0 Å². The molecule has 0 heterocycles. The van der Waals surface area contributed by atoms with Crippen molar-refractivity contribution < 1.29 is 19.5 Å². The lowest BCUT2D eigenvalue weighted by molar-refractivity contribution is -0.149. The molecular formula is C13H22N2O4. The fourth-order valence-electron chi connectivity index (χ4n) is 2.59. The van der Waals surface area contributed by atoms with Crippen molar-refractivity contribution in [3.63, 3.8) is 0 Å².